The Hall–Kier alpha value is -3.23. The average Bonchev–Trinajstić information content (AvgIpc) is 3.32. The molecule has 1 aromatic carbocycles. The van der Waals surface area contributed by atoms with Gasteiger partial charge in [-0.25, -0.2) is 26.9 Å². The standard InChI is InChI=1S/C23H20F5N3O/c24-18-9-15(14-2-1-13(7-14)8-19(25)26)3-4-16(18)10-31-11-17-5-6-30-23(21(17)22(31)29)32-12-20(27)28/h1-7,9,13,19-20,29H,8,10-12H2. The highest BCUT2D eigenvalue weighted by Crippen LogP contribution is 2.32. The van der Waals surface area contributed by atoms with E-state index in [0.717, 1.165) is 0 Å². The zero-order valence-electron chi connectivity index (χ0n) is 16.9. The van der Waals surface area contributed by atoms with Gasteiger partial charge in [-0.3, -0.25) is 5.41 Å². The predicted octanol–water partition coefficient (Wildman–Crippen LogP) is 5.43. The van der Waals surface area contributed by atoms with Crippen LogP contribution in [0.2, 0.25) is 0 Å². The van der Waals surface area contributed by atoms with E-state index in [1.165, 1.54) is 12.3 Å². The van der Waals surface area contributed by atoms with E-state index in [-0.39, 0.29) is 30.6 Å². The lowest BCUT2D eigenvalue weighted by Gasteiger charge is -2.19. The number of benzene rings is 1. The van der Waals surface area contributed by atoms with E-state index in [0.29, 0.717) is 34.4 Å². The second-order valence-electron chi connectivity index (χ2n) is 7.63. The normalized spacial score (nSPS) is 17.5. The summed E-state index contributed by atoms with van der Waals surface area (Å²) < 4.78 is 70.0. The van der Waals surface area contributed by atoms with Crippen LogP contribution < -0.4 is 4.74 Å². The highest BCUT2D eigenvalue weighted by molar-refractivity contribution is 6.02. The predicted molar refractivity (Wildman–Crippen MR) is 109 cm³/mol. The van der Waals surface area contributed by atoms with Crippen molar-refractivity contribution in [3.8, 4) is 5.88 Å². The quantitative estimate of drug-likeness (QED) is 0.547. The zero-order valence-corrected chi connectivity index (χ0v) is 16.9. The van der Waals surface area contributed by atoms with E-state index < -0.39 is 25.3 Å². The van der Waals surface area contributed by atoms with Gasteiger partial charge in [0.2, 0.25) is 12.3 Å². The van der Waals surface area contributed by atoms with Crippen molar-refractivity contribution >= 4 is 11.4 Å². The molecule has 32 heavy (non-hydrogen) atoms. The number of hydrogen-bond acceptors (Lipinski definition) is 3. The van der Waals surface area contributed by atoms with E-state index in [9.17, 15) is 22.0 Å². The van der Waals surface area contributed by atoms with Gasteiger partial charge in [-0.15, -0.1) is 0 Å². The topological polar surface area (TPSA) is 49.2 Å². The van der Waals surface area contributed by atoms with Crippen molar-refractivity contribution in [1.82, 2.24) is 9.88 Å². The molecule has 0 spiro atoms. The summed E-state index contributed by atoms with van der Waals surface area (Å²) >= 11 is 0. The van der Waals surface area contributed by atoms with Gasteiger partial charge in [-0.1, -0.05) is 30.4 Å². The Kier molecular flexibility index (Phi) is 6.25. The maximum Gasteiger partial charge on any atom is 0.272 e. The van der Waals surface area contributed by atoms with Gasteiger partial charge in [-0.2, -0.15) is 0 Å². The Balaban J connectivity index is 1.48. The van der Waals surface area contributed by atoms with E-state index in [4.69, 9.17) is 10.1 Å². The van der Waals surface area contributed by atoms with E-state index >= 15 is 0 Å². The van der Waals surface area contributed by atoms with Crippen molar-refractivity contribution in [3.05, 3.63) is 76.8 Å². The number of hydrogen-bond donors (Lipinski definition) is 1. The van der Waals surface area contributed by atoms with Crippen molar-refractivity contribution in [2.45, 2.75) is 32.4 Å². The molecule has 4 rings (SSSR count). The Labute approximate surface area is 181 Å². The van der Waals surface area contributed by atoms with Crippen LogP contribution in [-0.2, 0) is 13.1 Å². The lowest BCUT2D eigenvalue weighted by molar-refractivity contribution is 0.0794. The van der Waals surface area contributed by atoms with Crippen LogP contribution in [0.1, 0.15) is 28.7 Å². The Bertz CT molecular complexity index is 1080. The fourth-order valence-corrected chi connectivity index (χ4v) is 3.87. The number of amidine groups is 1. The van der Waals surface area contributed by atoms with Gasteiger partial charge in [0.1, 0.15) is 11.7 Å². The van der Waals surface area contributed by atoms with Gasteiger partial charge >= 0.3 is 0 Å². The number of nitrogens with zero attached hydrogens (tertiary/aromatic N) is 2. The number of allylic oxidation sites excluding steroid dienone is 4. The number of ether oxygens (including phenoxy) is 1. The van der Waals surface area contributed by atoms with Crippen molar-refractivity contribution < 1.29 is 26.7 Å². The molecular weight excluding hydrogens is 429 g/mol. The maximum atomic E-state index is 14.8. The first kappa shape index (κ1) is 22.0. The Morgan fingerprint density at radius 2 is 1.97 bits per heavy atom. The molecule has 1 aromatic heterocycles. The lowest BCUT2D eigenvalue weighted by atomic mass is 10.0. The summed E-state index contributed by atoms with van der Waals surface area (Å²) in [7, 11) is 0. The summed E-state index contributed by atoms with van der Waals surface area (Å²) in [6, 6.07) is 6.34. The number of halogens is 5. The minimum atomic E-state index is -2.66. The Morgan fingerprint density at radius 3 is 2.69 bits per heavy atom. The highest BCUT2D eigenvalue weighted by Gasteiger charge is 2.29. The first-order chi connectivity index (χ1) is 15.3. The van der Waals surface area contributed by atoms with Gasteiger partial charge in [0.15, 0.2) is 6.61 Å². The molecule has 9 heteroatoms. The summed E-state index contributed by atoms with van der Waals surface area (Å²) in [5, 5.41) is 8.41. The molecule has 1 N–H and O–H groups in total. The van der Waals surface area contributed by atoms with Crippen LogP contribution in [0, 0.1) is 17.1 Å². The molecule has 0 saturated heterocycles. The molecule has 1 unspecified atom stereocenters. The summed E-state index contributed by atoms with van der Waals surface area (Å²) in [6.07, 6.45) is 1.17. The molecule has 2 heterocycles. The molecule has 1 aliphatic heterocycles. The SMILES string of the molecule is N=C1c2c(ccnc2OCC(F)F)CN1Cc1ccc(C2=CC(CC(F)F)C=C2)cc1F. The summed E-state index contributed by atoms with van der Waals surface area (Å²) in [4.78, 5) is 5.56. The van der Waals surface area contributed by atoms with E-state index in [1.54, 1.807) is 41.3 Å². The number of fused-ring (bicyclic) bond motifs is 1. The van der Waals surface area contributed by atoms with Gasteiger partial charge in [0.05, 0.1) is 5.56 Å². The first-order valence-electron chi connectivity index (χ1n) is 10.0. The molecule has 0 bridgehead atoms. The third-order valence-electron chi connectivity index (χ3n) is 5.38. The summed E-state index contributed by atoms with van der Waals surface area (Å²) in [5.74, 6) is -0.863. The Morgan fingerprint density at radius 1 is 1.16 bits per heavy atom. The summed E-state index contributed by atoms with van der Waals surface area (Å²) in [5.41, 5.74) is 2.65. The van der Waals surface area contributed by atoms with Crippen molar-refractivity contribution in [2.24, 2.45) is 5.92 Å². The van der Waals surface area contributed by atoms with Crippen molar-refractivity contribution in [3.63, 3.8) is 0 Å². The summed E-state index contributed by atoms with van der Waals surface area (Å²) in [6.45, 7) is -0.432. The minimum absolute atomic E-state index is 0.0251. The van der Waals surface area contributed by atoms with Crippen molar-refractivity contribution in [2.75, 3.05) is 6.61 Å². The lowest BCUT2D eigenvalue weighted by Crippen LogP contribution is -2.24. The molecule has 4 nitrogen and oxygen atoms in total. The highest BCUT2D eigenvalue weighted by atomic mass is 19.3. The smallest absolute Gasteiger partial charge is 0.272 e. The van der Waals surface area contributed by atoms with Gasteiger partial charge in [-0.05, 0) is 28.8 Å². The van der Waals surface area contributed by atoms with Crippen LogP contribution in [0.4, 0.5) is 22.0 Å². The van der Waals surface area contributed by atoms with Gasteiger partial charge < -0.3 is 9.64 Å². The van der Waals surface area contributed by atoms with Crippen molar-refractivity contribution in [1.29, 1.82) is 5.41 Å². The maximum absolute atomic E-state index is 14.8. The fourth-order valence-electron chi connectivity index (χ4n) is 3.87. The molecule has 0 radical (unpaired) electrons. The molecular formula is C23H20F5N3O. The number of nitrogens with one attached hydrogen (secondary N) is 1. The number of alkyl halides is 4. The second kappa shape index (κ2) is 9.10. The number of rotatable bonds is 8. The fraction of sp³-hybridized carbons (Fsp3) is 0.304. The van der Waals surface area contributed by atoms with Crippen LogP contribution in [-0.4, -0.2) is 35.2 Å². The third-order valence-corrected chi connectivity index (χ3v) is 5.38. The second-order valence-corrected chi connectivity index (χ2v) is 7.63. The molecule has 2 aliphatic rings. The molecule has 0 saturated carbocycles. The average molecular weight is 449 g/mol. The van der Waals surface area contributed by atoms with Crippen LogP contribution in [0.15, 0.2) is 48.7 Å². The molecule has 1 atom stereocenters. The zero-order chi connectivity index (χ0) is 22.8. The monoisotopic (exact) mass is 449 g/mol. The number of pyridine rings is 1. The minimum Gasteiger partial charge on any atom is -0.471 e. The van der Waals surface area contributed by atoms with Crippen LogP contribution >= 0.6 is 0 Å². The van der Waals surface area contributed by atoms with Crippen LogP contribution in [0.25, 0.3) is 5.57 Å². The largest absolute Gasteiger partial charge is 0.471 e. The van der Waals surface area contributed by atoms with Gasteiger partial charge in [0.25, 0.3) is 6.43 Å². The van der Waals surface area contributed by atoms with Gasteiger partial charge in [0, 0.05) is 37.2 Å². The molecule has 1 aliphatic carbocycles. The van der Waals surface area contributed by atoms with E-state index in [1.807, 2.05) is 0 Å². The molecule has 2 aromatic rings. The molecule has 0 fully saturated rings. The number of aromatic nitrogens is 1. The van der Waals surface area contributed by atoms with Crippen LogP contribution in [0.3, 0.4) is 0 Å². The van der Waals surface area contributed by atoms with E-state index in [2.05, 4.69) is 4.98 Å². The molecule has 168 valence electrons. The van der Waals surface area contributed by atoms with Crippen LogP contribution in [0.5, 0.6) is 5.88 Å². The first-order valence-corrected chi connectivity index (χ1v) is 10.0. The third kappa shape index (κ3) is 4.66. The molecule has 0 amide bonds.